The zero-order valence-electron chi connectivity index (χ0n) is 14.5. The van der Waals surface area contributed by atoms with E-state index in [0.29, 0.717) is 18.1 Å². The number of hydrogen-bond acceptors (Lipinski definition) is 2. The van der Waals surface area contributed by atoms with Gasteiger partial charge in [0.05, 0.1) is 18.8 Å². The molecule has 0 saturated heterocycles. The largest absolute Gasteiger partial charge is 0.334 e. The van der Waals surface area contributed by atoms with Crippen LogP contribution < -0.4 is 10.6 Å². The van der Waals surface area contributed by atoms with Crippen LogP contribution in [0.4, 0.5) is 4.79 Å². The number of rotatable bonds is 6. The molecule has 0 aliphatic carbocycles. The van der Waals surface area contributed by atoms with Crippen LogP contribution in [0.3, 0.4) is 0 Å². The Morgan fingerprint density at radius 2 is 1.85 bits per heavy atom. The summed E-state index contributed by atoms with van der Waals surface area (Å²) >= 11 is 6.16. The second kappa shape index (κ2) is 8.54. The van der Waals surface area contributed by atoms with Crippen molar-refractivity contribution in [3.8, 4) is 0 Å². The van der Waals surface area contributed by atoms with Crippen molar-refractivity contribution >= 4 is 17.6 Å². The van der Waals surface area contributed by atoms with Crippen molar-refractivity contribution in [3.05, 3.63) is 88.7 Å². The average molecular weight is 369 g/mol. The fourth-order valence-electron chi connectivity index (χ4n) is 2.69. The summed E-state index contributed by atoms with van der Waals surface area (Å²) in [6, 6.07) is 17.2. The van der Waals surface area contributed by atoms with Gasteiger partial charge in [0, 0.05) is 23.3 Å². The number of aromatic nitrogens is 2. The molecule has 0 spiro atoms. The molecule has 0 saturated carbocycles. The highest BCUT2D eigenvalue weighted by Crippen LogP contribution is 2.21. The summed E-state index contributed by atoms with van der Waals surface area (Å²) in [5, 5.41) is 10.7. The second-order valence-electron chi connectivity index (χ2n) is 6.10. The number of benzene rings is 2. The van der Waals surface area contributed by atoms with Crippen LogP contribution in [0.15, 0.2) is 67.0 Å². The van der Waals surface area contributed by atoms with Crippen molar-refractivity contribution in [1.29, 1.82) is 0 Å². The van der Waals surface area contributed by atoms with Crippen LogP contribution in [0.2, 0.25) is 5.02 Å². The van der Waals surface area contributed by atoms with Crippen LogP contribution in [0.25, 0.3) is 0 Å². The molecule has 0 aliphatic heterocycles. The fraction of sp³-hybridized carbons (Fsp3) is 0.200. The first-order chi connectivity index (χ1) is 12.6. The van der Waals surface area contributed by atoms with E-state index in [1.165, 1.54) is 5.56 Å². The van der Waals surface area contributed by atoms with Crippen LogP contribution in [-0.4, -0.2) is 15.8 Å². The Morgan fingerprint density at radius 3 is 2.62 bits per heavy atom. The Labute approximate surface area is 158 Å². The molecule has 0 fully saturated rings. The molecule has 1 heterocycles. The lowest BCUT2D eigenvalue weighted by atomic mass is 10.1. The first-order valence-corrected chi connectivity index (χ1v) is 8.83. The molecule has 0 aliphatic rings. The van der Waals surface area contributed by atoms with Crippen molar-refractivity contribution in [1.82, 2.24) is 20.4 Å². The van der Waals surface area contributed by atoms with E-state index in [9.17, 15) is 4.79 Å². The Kier molecular flexibility index (Phi) is 5.92. The Morgan fingerprint density at radius 1 is 1.12 bits per heavy atom. The highest BCUT2D eigenvalue weighted by atomic mass is 35.5. The molecule has 3 aromatic rings. The van der Waals surface area contributed by atoms with Gasteiger partial charge in [0.15, 0.2) is 0 Å². The predicted octanol–water partition coefficient (Wildman–Crippen LogP) is 4.15. The second-order valence-corrected chi connectivity index (χ2v) is 6.51. The maximum atomic E-state index is 12.1. The fourth-order valence-corrected chi connectivity index (χ4v) is 2.99. The minimum Gasteiger partial charge on any atom is -0.334 e. The van der Waals surface area contributed by atoms with Crippen LogP contribution in [-0.2, 0) is 13.1 Å². The molecular formula is C20H21ClN4O. The number of nitrogens with one attached hydrogen (secondary N) is 2. The molecule has 2 amide bonds. The van der Waals surface area contributed by atoms with E-state index >= 15 is 0 Å². The van der Waals surface area contributed by atoms with E-state index in [1.807, 2.05) is 60.3 Å². The predicted molar refractivity (Wildman–Crippen MR) is 103 cm³/mol. The first-order valence-electron chi connectivity index (χ1n) is 8.46. The van der Waals surface area contributed by atoms with Crippen LogP contribution >= 0.6 is 11.6 Å². The van der Waals surface area contributed by atoms with Gasteiger partial charge < -0.3 is 10.6 Å². The number of amides is 2. The summed E-state index contributed by atoms with van der Waals surface area (Å²) in [4.78, 5) is 12.1. The molecule has 2 N–H and O–H groups in total. The van der Waals surface area contributed by atoms with Gasteiger partial charge in [-0.05, 0) is 24.1 Å². The summed E-state index contributed by atoms with van der Waals surface area (Å²) in [6.07, 6.45) is 3.70. The van der Waals surface area contributed by atoms with E-state index in [1.54, 1.807) is 6.20 Å². The van der Waals surface area contributed by atoms with Crippen molar-refractivity contribution in [2.24, 2.45) is 0 Å². The number of hydrogen-bond donors (Lipinski definition) is 2. The number of carbonyl (C=O) groups excluding carboxylic acids is 1. The van der Waals surface area contributed by atoms with Crippen LogP contribution in [0, 0.1) is 0 Å². The maximum Gasteiger partial charge on any atom is 0.315 e. The Hall–Kier alpha value is -2.79. The topological polar surface area (TPSA) is 59.0 Å². The molecule has 26 heavy (non-hydrogen) atoms. The standard InChI is InChI=1S/C20H21ClN4O/c1-15(18-9-5-6-10-19(18)21)24-20(26)22-11-17-12-23-25(14-17)13-16-7-3-2-4-8-16/h2-10,12,14-15H,11,13H2,1H3,(H2,22,24,26). The maximum absolute atomic E-state index is 12.1. The van der Waals surface area contributed by atoms with E-state index in [2.05, 4.69) is 27.9 Å². The quantitative estimate of drug-likeness (QED) is 0.686. The third-order valence-corrected chi connectivity index (χ3v) is 4.39. The van der Waals surface area contributed by atoms with Gasteiger partial charge in [0.25, 0.3) is 0 Å². The molecule has 5 nitrogen and oxygen atoms in total. The number of halogens is 1. The van der Waals surface area contributed by atoms with Crippen LogP contribution in [0.1, 0.15) is 29.7 Å². The Balaban J connectivity index is 1.50. The van der Waals surface area contributed by atoms with Gasteiger partial charge in [-0.15, -0.1) is 0 Å². The smallest absolute Gasteiger partial charge is 0.315 e. The number of nitrogens with zero attached hydrogens (tertiary/aromatic N) is 2. The summed E-state index contributed by atoms with van der Waals surface area (Å²) in [7, 11) is 0. The first kappa shape index (κ1) is 18.0. The van der Waals surface area contributed by atoms with Gasteiger partial charge in [-0.1, -0.05) is 60.1 Å². The highest BCUT2D eigenvalue weighted by Gasteiger charge is 2.12. The molecule has 1 unspecified atom stereocenters. The molecule has 1 aromatic heterocycles. The summed E-state index contributed by atoms with van der Waals surface area (Å²) in [5.41, 5.74) is 3.02. The van der Waals surface area contributed by atoms with Crippen LogP contribution in [0.5, 0.6) is 0 Å². The van der Waals surface area contributed by atoms with Gasteiger partial charge in [0.2, 0.25) is 0 Å². The van der Waals surface area contributed by atoms with E-state index in [0.717, 1.165) is 11.1 Å². The number of urea groups is 1. The minimum absolute atomic E-state index is 0.176. The van der Waals surface area contributed by atoms with E-state index in [-0.39, 0.29) is 12.1 Å². The van der Waals surface area contributed by atoms with Gasteiger partial charge in [-0.2, -0.15) is 5.10 Å². The highest BCUT2D eigenvalue weighted by molar-refractivity contribution is 6.31. The molecule has 1 atom stereocenters. The normalized spacial score (nSPS) is 11.8. The van der Waals surface area contributed by atoms with Crippen molar-refractivity contribution in [2.75, 3.05) is 0 Å². The van der Waals surface area contributed by atoms with Gasteiger partial charge in [-0.25, -0.2) is 4.79 Å². The molecule has 6 heteroatoms. The number of carbonyl (C=O) groups is 1. The molecule has 0 radical (unpaired) electrons. The van der Waals surface area contributed by atoms with Crippen molar-refractivity contribution in [3.63, 3.8) is 0 Å². The molecular weight excluding hydrogens is 348 g/mol. The molecule has 0 bridgehead atoms. The van der Waals surface area contributed by atoms with Gasteiger partial charge >= 0.3 is 6.03 Å². The van der Waals surface area contributed by atoms with Gasteiger partial charge in [0.1, 0.15) is 0 Å². The molecule has 2 aromatic carbocycles. The SMILES string of the molecule is CC(NC(=O)NCc1cnn(Cc2ccccc2)c1)c1ccccc1Cl. The molecule has 3 rings (SSSR count). The minimum atomic E-state index is -0.242. The monoisotopic (exact) mass is 368 g/mol. The van der Waals surface area contributed by atoms with E-state index < -0.39 is 0 Å². The average Bonchev–Trinajstić information content (AvgIpc) is 3.08. The van der Waals surface area contributed by atoms with Crippen molar-refractivity contribution in [2.45, 2.75) is 26.1 Å². The summed E-state index contributed by atoms with van der Waals surface area (Å²) in [5.74, 6) is 0. The summed E-state index contributed by atoms with van der Waals surface area (Å²) in [6.45, 7) is 3.02. The lowest BCUT2D eigenvalue weighted by Gasteiger charge is -2.16. The van der Waals surface area contributed by atoms with Crippen molar-refractivity contribution < 1.29 is 4.79 Å². The zero-order valence-corrected chi connectivity index (χ0v) is 15.3. The third-order valence-electron chi connectivity index (χ3n) is 4.05. The van der Waals surface area contributed by atoms with E-state index in [4.69, 9.17) is 11.6 Å². The lowest BCUT2D eigenvalue weighted by Crippen LogP contribution is -2.36. The molecule has 134 valence electrons. The summed E-state index contributed by atoms with van der Waals surface area (Å²) < 4.78 is 1.86. The third kappa shape index (κ3) is 4.86. The zero-order chi connectivity index (χ0) is 18.4. The Bertz CT molecular complexity index is 863. The lowest BCUT2D eigenvalue weighted by molar-refractivity contribution is 0.237. The van der Waals surface area contributed by atoms with Gasteiger partial charge in [-0.3, -0.25) is 4.68 Å².